The lowest BCUT2D eigenvalue weighted by Gasteiger charge is -2.59. The third kappa shape index (κ3) is 3.94. The molecule has 0 bridgehead atoms. The Morgan fingerprint density at radius 2 is 1.79 bits per heavy atom. The third-order valence-electron chi connectivity index (χ3n) is 11.5. The average Bonchev–Trinajstić information content (AvgIpc) is 3.27. The number of rotatable bonds is 7. The molecule has 1 heterocycles. The monoisotopic (exact) mass is 482 g/mol. The maximum Gasteiger partial charge on any atom is 0.397 e. The maximum absolute atomic E-state index is 11.3. The average molecular weight is 483 g/mol. The smallest absolute Gasteiger partial charge is 0.365 e. The van der Waals surface area contributed by atoms with Crippen LogP contribution in [0.3, 0.4) is 0 Å². The van der Waals surface area contributed by atoms with E-state index in [1.807, 2.05) is 0 Å². The first-order valence-corrected chi connectivity index (χ1v) is 15.1. The second-order valence-corrected chi connectivity index (χ2v) is 14.5. The first-order valence-electron chi connectivity index (χ1n) is 13.7. The minimum Gasteiger partial charge on any atom is -0.365 e. The van der Waals surface area contributed by atoms with Crippen LogP contribution in [-0.4, -0.2) is 30.8 Å². The predicted octanol–water partition coefficient (Wildman–Crippen LogP) is 6.43. The molecule has 1 saturated heterocycles. The predicted molar refractivity (Wildman–Crippen MR) is 129 cm³/mol. The Morgan fingerprint density at radius 1 is 1.03 bits per heavy atom. The Kier molecular flexibility index (Phi) is 6.08. The normalized spacial score (nSPS) is 49.7. The van der Waals surface area contributed by atoms with Gasteiger partial charge in [-0.15, -0.1) is 0 Å². The van der Waals surface area contributed by atoms with Crippen LogP contribution >= 0.6 is 0 Å². The van der Waals surface area contributed by atoms with Gasteiger partial charge in [-0.25, -0.2) is 4.18 Å². The van der Waals surface area contributed by atoms with Crippen molar-refractivity contribution < 1.29 is 21.9 Å². The highest BCUT2D eigenvalue weighted by molar-refractivity contribution is 7.80. The molecule has 6 heteroatoms. The first kappa shape index (κ1) is 24.5. The van der Waals surface area contributed by atoms with Crippen molar-refractivity contribution in [1.82, 2.24) is 0 Å². The number of hydrogen-bond acceptors (Lipinski definition) is 4. The van der Waals surface area contributed by atoms with Gasteiger partial charge in [0.05, 0.1) is 12.2 Å². The second-order valence-electron chi connectivity index (χ2n) is 13.4. The molecule has 5 aliphatic rings. The Labute approximate surface area is 201 Å². The molecule has 10 atom stereocenters. The fourth-order valence-corrected chi connectivity index (χ4v) is 10.4. The van der Waals surface area contributed by atoms with Gasteiger partial charge in [-0.3, -0.25) is 4.55 Å². The van der Waals surface area contributed by atoms with E-state index in [4.69, 9.17) is 8.92 Å². The van der Waals surface area contributed by atoms with Crippen molar-refractivity contribution >= 4 is 10.4 Å². The zero-order valence-corrected chi connectivity index (χ0v) is 22.2. The van der Waals surface area contributed by atoms with Crippen LogP contribution in [0.4, 0.5) is 0 Å². The van der Waals surface area contributed by atoms with Crippen LogP contribution in [0.25, 0.3) is 0 Å². The highest BCUT2D eigenvalue weighted by atomic mass is 32.3. The maximum atomic E-state index is 11.3. The summed E-state index contributed by atoms with van der Waals surface area (Å²) < 4.78 is 43.4. The molecule has 5 rings (SSSR count). The van der Waals surface area contributed by atoms with Gasteiger partial charge in [-0.2, -0.15) is 8.42 Å². The highest BCUT2D eigenvalue weighted by Crippen LogP contribution is 2.74. The summed E-state index contributed by atoms with van der Waals surface area (Å²) in [7, 11) is -4.41. The van der Waals surface area contributed by atoms with Crippen LogP contribution in [0.1, 0.15) is 105 Å². The molecule has 4 aliphatic carbocycles. The van der Waals surface area contributed by atoms with E-state index in [1.165, 1.54) is 44.9 Å². The van der Waals surface area contributed by atoms with Gasteiger partial charge < -0.3 is 4.74 Å². The largest absolute Gasteiger partial charge is 0.397 e. The molecule has 1 unspecified atom stereocenters. The molecule has 0 aromatic heterocycles. The lowest BCUT2D eigenvalue weighted by Crippen LogP contribution is -2.59. The second kappa shape index (κ2) is 8.18. The van der Waals surface area contributed by atoms with Crippen LogP contribution in [0.2, 0.25) is 0 Å². The Balaban J connectivity index is 1.31. The van der Waals surface area contributed by atoms with Crippen molar-refractivity contribution in [2.45, 2.75) is 123 Å². The molecule has 5 nitrogen and oxygen atoms in total. The van der Waals surface area contributed by atoms with Crippen molar-refractivity contribution in [2.75, 3.05) is 0 Å². The molecule has 33 heavy (non-hydrogen) atoms. The lowest BCUT2D eigenvalue weighted by atomic mass is 9.44. The van der Waals surface area contributed by atoms with Gasteiger partial charge in [0.25, 0.3) is 0 Å². The van der Waals surface area contributed by atoms with E-state index in [0.717, 1.165) is 42.4 Å². The van der Waals surface area contributed by atoms with E-state index >= 15 is 0 Å². The van der Waals surface area contributed by atoms with Crippen molar-refractivity contribution in [3.05, 3.63) is 0 Å². The van der Waals surface area contributed by atoms with E-state index in [-0.39, 0.29) is 17.1 Å². The standard InChI is InChI=1S/C27H46O5S/c1-17(2)7-6-8-18(3)21-9-10-22-20-15-24-27(31-24)16-19(32-33(28,29)30)11-14-26(27,5)23(20)12-13-25(21,22)4/h17-24H,6-16H2,1-5H3,(H,28,29,30)/t18-,19?,20+,21-,22+,23+,24+,25-,26-,27+/m1/s1. The van der Waals surface area contributed by atoms with Gasteiger partial charge in [-0.1, -0.05) is 53.9 Å². The summed E-state index contributed by atoms with van der Waals surface area (Å²) in [5.74, 6) is 4.68. The SMILES string of the molecule is CC(C)CCC[C@@H](C)[C@H]1CC[C@H]2[C@@H]3C[C@@H]4O[C@@]45CC(OS(=O)(=O)O)CC[C@]5(C)[C@H]3CC[C@]12C. The summed E-state index contributed by atoms with van der Waals surface area (Å²) in [6.45, 7) is 12.3. The molecule has 1 N–H and O–H groups in total. The van der Waals surface area contributed by atoms with Crippen molar-refractivity contribution in [1.29, 1.82) is 0 Å². The quantitative estimate of drug-likeness (QED) is 0.334. The number of epoxide rings is 1. The van der Waals surface area contributed by atoms with Gasteiger partial charge >= 0.3 is 10.4 Å². The number of ether oxygens (including phenoxy) is 1. The van der Waals surface area contributed by atoms with Crippen molar-refractivity contribution in [3.63, 3.8) is 0 Å². The summed E-state index contributed by atoms with van der Waals surface area (Å²) in [4.78, 5) is 0. The Hall–Kier alpha value is -0.170. The van der Waals surface area contributed by atoms with Crippen LogP contribution in [0.15, 0.2) is 0 Å². The zero-order valence-electron chi connectivity index (χ0n) is 21.4. The van der Waals surface area contributed by atoms with Gasteiger partial charge in [0.1, 0.15) is 5.60 Å². The molecule has 0 radical (unpaired) electrons. The zero-order chi connectivity index (χ0) is 23.8. The van der Waals surface area contributed by atoms with Crippen LogP contribution in [0, 0.1) is 46.3 Å². The summed E-state index contributed by atoms with van der Waals surface area (Å²) in [5, 5.41) is 0. The van der Waals surface area contributed by atoms with E-state index < -0.39 is 16.5 Å². The van der Waals surface area contributed by atoms with Crippen molar-refractivity contribution in [2.24, 2.45) is 46.3 Å². The van der Waals surface area contributed by atoms with Crippen LogP contribution in [0.5, 0.6) is 0 Å². The first-order chi connectivity index (χ1) is 15.4. The number of fused-ring (bicyclic) bond motifs is 4. The molecule has 1 aliphatic heterocycles. The van der Waals surface area contributed by atoms with Crippen molar-refractivity contribution in [3.8, 4) is 0 Å². The van der Waals surface area contributed by atoms with E-state index in [2.05, 4.69) is 34.6 Å². The molecular formula is C27H46O5S. The molecule has 5 fully saturated rings. The highest BCUT2D eigenvalue weighted by Gasteiger charge is 2.76. The fraction of sp³-hybridized carbons (Fsp3) is 1.00. The van der Waals surface area contributed by atoms with Crippen LogP contribution in [-0.2, 0) is 19.3 Å². The summed E-state index contributed by atoms with van der Waals surface area (Å²) in [6, 6.07) is 0. The molecule has 1 spiro atoms. The molecule has 0 aromatic rings. The number of hydrogen-bond donors (Lipinski definition) is 1. The molecule has 0 aromatic carbocycles. The summed E-state index contributed by atoms with van der Waals surface area (Å²) >= 11 is 0. The molecule has 0 amide bonds. The van der Waals surface area contributed by atoms with Gasteiger partial charge in [0.15, 0.2) is 0 Å². The molecular weight excluding hydrogens is 436 g/mol. The topological polar surface area (TPSA) is 76.1 Å². The van der Waals surface area contributed by atoms with Gasteiger partial charge in [0, 0.05) is 11.8 Å². The minimum absolute atomic E-state index is 0.0992. The van der Waals surface area contributed by atoms with E-state index in [0.29, 0.717) is 24.2 Å². The molecule has 4 saturated carbocycles. The summed E-state index contributed by atoms with van der Waals surface area (Å²) in [5.41, 5.74) is 0.328. The van der Waals surface area contributed by atoms with E-state index in [1.54, 1.807) is 0 Å². The van der Waals surface area contributed by atoms with Gasteiger partial charge in [-0.05, 0) is 85.9 Å². The van der Waals surface area contributed by atoms with E-state index in [9.17, 15) is 13.0 Å². The third-order valence-corrected chi connectivity index (χ3v) is 12.0. The Bertz CT molecular complexity index is 857. The minimum atomic E-state index is -4.41. The van der Waals surface area contributed by atoms with Gasteiger partial charge in [0.2, 0.25) is 0 Å². The lowest BCUT2D eigenvalue weighted by molar-refractivity contribution is -0.114. The molecule has 190 valence electrons. The fourth-order valence-electron chi connectivity index (χ4n) is 9.92. The van der Waals surface area contributed by atoms with Crippen LogP contribution < -0.4 is 0 Å². The Morgan fingerprint density at radius 3 is 2.48 bits per heavy atom. The summed E-state index contributed by atoms with van der Waals surface area (Å²) in [6.07, 6.45) is 12.6.